The van der Waals surface area contributed by atoms with E-state index in [1.54, 1.807) is 24.4 Å². The number of nitrogens with one attached hydrogen (secondary N) is 2. The van der Waals surface area contributed by atoms with Crippen molar-refractivity contribution in [3.05, 3.63) is 54.5 Å². The molecule has 2 heterocycles. The molecule has 1 aromatic heterocycles. The van der Waals surface area contributed by atoms with Crippen LogP contribution in [0.15, 0.2) is 48.9 Å². The molecule has 2 unspecified atom stereocenters. The van der Waals surface area contributed by atoms with Gasteiger partial charge < -0.3 is 20.5 Å². The molecule has 8 nitrogen and oxygen atoms in total. The molecule has 182 valence electrons. The zero-order valence-electron chi connectivity index (χ0n) is 19.5. The van der Waals surface area contributed by atoms with Gasteiger partial charge in [-0.1, -0.05) is 49.6 Å². The third kappa shape index (κ3) is 5.62. The molecule has 4 rings (SSSR count). The standard InChI is InChI=1S/C26H34N4O4/c31-24(30-23-13-16-27-18-29-23)21(22-12-7-15-28-22)14-17-34-25(32)26(33,19-8-3-1-4-9-19)20-10-5-2-6-11-20/h1,3-4,8-9,13,16,18,20-22,28,33H,2,5-7,10-12,14-15,17H2,(H,27,29,30,31)/t21?,22-,26?/m1/s1. The van der Waals surface area contributed by atoms with Crippen molar-refractivity contribution in [2.24, 2.45) is 11.8 Å². The third-order valence-corrected chi connectivity index (χ3v) is 7.14. The van der Waals surface area contributed by atoms with Crippen molar-refractivity contribution in [1.29, 1.82) is 0 Å². The number of rotatable bonds is 9. The highest BCUT2D eigenvalue weighted by molar-refractivity contribution is 5.92. The molecule has 0 spiro atoms. The Balaban J connectivity index is 1.43. The lowest BCUT2D eigenvalue weighted by Crippen LogP contribution is -2.45. The first-order valence-corrected chi connectivity index (χ1v) is 12.3. The van der Waals surface area contributed by atoms with Crippen molar-refractivity contribution in [3.8, 4) is 0 Å². The van der Waals surface area contributed by atoms with Crippen molar-refractivity contribution in [3.63, 3.8) is 0 Å². The first kappa shape index (κ1) is 24.3. The number of carbonyl (C=O) groups is 2. The van der Waals surface area contributed by atoms with Gasteiger partial charge in [0.05, 0.1) is 12.5 Å². The zero-order valence-corrected chi connectivity index (χ0v) is 19.5. The molecule has 34 heavy (non-hydrogen) atoms. The maximum atomic E-state index is 13.3. The third-order valence-electron chi connectivity index (χ3n) is 7.14. The Bertz CT molecular complexity index is 930. The van der Waals surface area contributed by atoms with E-state index in [0.717, 1.165) is 51.5 Å². The molecule has 3 N–H and O–H groups in total. The van der Waals surface area contributed by atoms with Gasteiger partial charge in [-0.05, 0) is 50.3 Å². The maximum Gasteiger partial charge on any atom is 0.343 e. The summed E-state index contributed by atoms with van der Waals surface area (Å²) in [5.74, 6) is -0.912. The summed E-state index contributed by atoms with van der Waals surface area (Å²) in [4.78, 5) is 34.3. The molecule has 1 saturated heterocycles. The fourth-order valence-corrected chi connectivity index (χ4v) is 5.27. The molecule has 0 bridgehead atoms. The van der Waals surface area contributed by atoms with Crippen LogP contribution in [0.2, 0.25) is 0 Å². The summed E-state index contributed by atoms with van der Waals surface area (Å²) in [6, 6.07) is 10.7. The van der Waals surface area contributed by atoms with E-state index < -0.39 is 11.6 Å². The van der Waals surface area contributed by atoms with E-state index in [1.807, 2.05) is 18.2 Å². The number of nitrogens with zero attached hydrogens (tertiary/aromatic N) is 2. The quantitative estimate of drug-likeness (QED) is 0.487. The van der Waals surface area contributed by atoms with Crippen molar-refractivity contribution >= 4 is 17.7 Å². The smallest absolute Gasteiger partial charge is 0.343 e. The van der Waals surface area contributed by atoms with Gasteiger partial charge in [-0.25, -0.2) is 14.8 Å². The van der Waals surface area contributed by atoms with Crippen LogP contribution in [0.4, 0.5) is 5.82 Å². The second-order valence-corrected chi connectivity index (χ2v) is 9.29. The fourth-order valence-electron chi connectivity index (χ4n) is 5.27. The van der Waals surface area contributed by atoms with E-state index in [4.69, 9.17) is 4.74 Å². The van der Waals surface area contributed by atoms with Crippen LogP contribution in [0, 0.1) is 11.8 Å². The summed E-state index contributed by atoms with van der Waals surface area (Å²) < 4.78 is 5.68. The summed E-state index contributed by atoms with van der Waals surface area (Å²) in [7, 11) is 0. The highest BCUT2D eigenvalue weighted by Crippen LogP contribution is 2.40. The van der Waals surface area contributed by atoms with Crippen molar-refractivity contribution in [2.75, 3.05) is 18.5 Å². The molecule has 1 aliphatic heterocycles. The topological polar surface area (TPSA) is 113 Å². The molecule has 2 aliphatic rings. The predicted molar refractivity (Wildman–Crippen MR) is 128 cm³/mol. The predicted octanol–water partition coefficient (Wildman–Crippen LogP) is 3.18. The van der Waals surface area contributed by atoms with Crippen LogP contribution in [-0.2, 0) is 19.9 Å². The lowest BCUT2D eigenvalue weighted by atomic mass is 9.73. The van der Waals surface area contributed by atoms with Crippen LogP contribution in [0.5, 0.6) is 0 Å². The molecule has 8 heteroatoms. The number of aliphatic hydroxyl groups is 1. The van der Waals surface area contributed by atoms with Crippen molar-refractivity contribution in [1.82, 2.24) is 15.3 Å². The highest BCUT2D eigenvalue weighted by atomic mass is 16.5. The molecule has 1 aromatic carbocycles. The van der Waals surface area contributed by atoms with Crippen LogP contribution in [-0.4, -0.2) is 46.1 Å². The molecule has 1 amide bonds. The molecule has 1 saturated carbocycles. The lowest BCUT2D eigenvalue weighted by Gasteiger charge is -2.37. The van der Waals surface area contributed by atoms with E-state index in [1.165, 1.54) is 6.33 Å². The highest BCUT2D eigenvalue weighted by Gasteiger charge is 2.47. The Labute approximate surface area is 200 Å². The van der Waals surface area contributed by atoms with Gasteiger partial charge in [0.15, 0.2) is 5.60 Å². The molecule has 1 aliphatic carbocycles. The normalized spacial score (nSPS) is 21.4. The minimum absolute atomic E-state index is 0.00638. The van der Waals surface area contributed by atoms with Crippen LogP contribution in [0.3, 0.4) is 0 Å². The second kappa shape index (κ2) is 11.5. The van der Waals surface area contributed by atoms with E-state index in [-0.39, 0.29) is 30.4 Å². The molecule has 0 radical (unpaired) electrons. The van der Waals surface area contributed by atoms with Gasteiger partial charge in [0.2, 0.25) is 5.91 Å². The maximum absolute atomic E-state index is 13.3. The molecule has 2 aromatic rings. The van der Waals surface area contributed by atoms with Crippen LogP contribution in [0.25, 0.3) is 0 Å². The first-order valence-electron chi connectivity index (χ1n) is 12.3. The van der Waals surface area contributed by atoms with Gasteiger partial charge in [-0.15, -0.1) is 0 Å². The summed E-state index contributed by atoms with van der Waals surface area (Å²) >= 11 is 0. The van der Waals surface area contributed by atoms with E-state index in [9.17, 15) is 14.7 Å². The minimum atomic E-state index is -1.67. The second-order valence-electron chi connectivity index (χ2n) is 9.29. The largest absolute Gasteiger partial charge is 0.463 e. The number of aromatic nitrogens is 2. The van der Waals surface area contributed by atoms with Crippen molar-refractivity contribution in [2.45, 2.75) is 63.0 Å². The summed E-state index contributed by atoms with van der Waals surface area (Å²) in [5.41, 5.74) is -1.10. The Hall–Kier alpha value is -2.84. The Morgan fingerprint density at radius 2 is 1.91 bits per heavy atom. The van der Waals surface area contributed by atoms with E-state index >= 15 is 0 Å². The molecule has 3 atom stereocenters. The molecular formula is C26H34N4O4. The molecular weight excluding hydrogens is 432 g/mol. The van der Waals surface area contributed by atoms with Crippen LogP contribution in [0.1, 0.15) is 56.9 Å². The SMILES string of the molecule is O=C(Nc1ccncn1)C(CCOC(=O)C(O)(c1ccccc1)C1CCCCC1)[C@H]1CCCN1. The van der Waals surface area contributed by atoms with Crippen LogP contribution >= 0.6 is 0 Å². The fraction of sp³-hybridized carbons (Fsp3) is 0.538. The monoisotopic (exact) mass is 466 g/mol. The van der Waals surface area contributed by atoms with Gasteiger partial charge in [-0.2, -0.15) is 0 Å². The number of anilines is 1. The number of benzene rings is 1. The number of carbonyl (C=O) groups excluding carboxylic acids is 2. The Kier molecular flexibility index (Phi) is 8.24. The lowest BCUT2D eigenvalue weighted by molar-refractivity contribution is -0.176. The zero-order chi connectivity index (χ0) is 23.8. The summed E-state index contributed by atoms with van der Waals surface area (Å²) in [5, 5.41) is 17.9. The summed E-state index contributed by atoms with van der Waals surface area (Å²) in [6.07, 6.45) is 9.87. The summed E-state index contributed by atoms with van der Waals surface area (Å²) in [6.45, 7) is 0.915. The van der Waals surface area contributed by atoms with Gasteiger partial charge in [0.25, 0.3) is 0 Å². The average Bonchev–Trinajstić information content (AvgIpc) is 3.42. The Morgan fingerprint density at radius 1 is 1.12 bits per heavy atom. The number of ether oxygens (including phenoxy) is 1. The number of amides is 1. The number of hydrogen-bond donors (Lipinski definition) is 3. The minimum Gasteiger partial charge on any atom is -0.463 e. The number of hydrogen-bond acceptors (Lipinski definition) is 7. The number of esters is 1. The van der Waals surface area contributed by atoms with Crippen molar-refractivity contribution < 1.29 is 19.4 Å². The van der Waals surface area contributed by atoms with Gasteiger partial charge in [0, 0.05) is 18.2 Å². The van der Waals surface area contributed by atoms with Gasteiger partial charge in [0.1, 0.15) is 12.1 Å². The van der Waals surface area contributed by atoms with E-state index in [0.29, 0.717) is 17.8 Å². The molecule has 2 fully saturated rings. The van der Waals surface area contributed by atoms with Gasteiger partial charge in [-0.3, -0.25) is 4.79 Å². The first-order chi connectivity index (χ1) is 16.6. The van der Waals surface area contributed by atoms with Crippen LogP contribution < -0.4 is 10.6 Å². The Morgan fingerprint density at radius 3 is 2.59 bits per heavy atom. The van der Waals surface area contributed by atoms with Gasteiger partial charge >= 0.3 is 5.97 Å². The average molecular weight is 467 g/mol. The van der Waals surface area contributed by atoms with E-state index in [2.05, 4.69) is 20.6 Å².